The van der Waals surface area contributed by atoms with E-state index in [9.17, 15) is 0 Å². The number of rotatable bonds is 3. The first-order valence-corrected chi connectivity index (χ1v) is 4.89. The van der Waals surface area contributed by atoms with E-state index in [-0.39, 0.29) is 0 Å². The normalized spacial score (nSPS) is 10.2. The van der Waals surface area contributed by atoms with Crippen molar-refractivity contribution >= 4 is 0 Å². The maximum absolute atomic E-state index is 5.45. The van der Waals surface area contributed by atoms with Crippen LogP contribution in [-0.4, -0.2) is 19.2 Å². The van der Waals surface area contributed by atoms with Crippen LogP contribution in [0.25, 0.3) is 11.5 Å². The van der Waals surface area contributed by atoms with Gasteiger partial charge in [-0.1, -0.05) is 0 Å². The summed E-state index contributed by atoms with van der Waals surface area (Å²) in [6.07, 6.45) is 1.68. The molecule has 2 rings (SSSR count). The second-order valence-corrected chi connectivity index (χ2v) is 3.38. The monoisotopic (exact) mass is 219 g/mol. The smallest absolute Gasteiger partial charge is 0.226 e. The lowest BCUT2D eigenvalue weighted by molar-refractivity contribution is 0.394. The molecule has 0 N–H and O–H groups in total. The third kappa shape index (κ3) is 2.00. The summed E-state index contributed by atoms with van der Waals surface area (Å²) in [6.45, 7) is 1.86. The van der Waals surface area contributed by atoms with Gasteiger partial charge in [-0.15, -0.1) is 0 Å². The Morgan fingerprint density at radius 3 is 2.12 bits per heavy atom. The van der Waals surface area contributed by atoms with Crippen LogP contribution in [0.3, 0.4) is 0 Å². The van der Waals surface area contributed by atoms with Crippen molar-refractivity contribution in [3.8, 4) is 23.0 Å². The van der Waals surface area contributed by atoms with Crippen molar-refractivity contribution in [2.45, 2.75) is 6.92 Å². The summed E-state index contributed by atoms with van der Waals surface area (Å²) in [6, 6.07) is 5.51. The van der Waals surface area contributed by atoms with Crippen molar-refractivity contribution in [1.82, 2.24) is 4.98 Å². The van der Waals surface area contributed by atoms with Crippen molar-refractivity contribution in [2.24, 2.45) is 0 Å². The van der Waals surface area contributed by atoms with E-state index in [4.69, 9.17) is 13.9 Å². The largest absolute Gasteiger partial charge is 0.497 e. The molecule has 0 saturated heterocycles. The van der Waals surface area contributed by atoms with Gasteiger partial charge in [0.2, 0.25) is 5.89 Å². The molecule has 0 amide bonds. The Morgan fingerprint density at radius 2 is 1.69 bits per heavy atom. The third-order valence-corrected chi connectivity index (χ3v) is 2.22. The molecule has 1 aromatic heterocycles. The Labute approximate surface area is 93.8 Å². The standard InChI is InChI=1S/C12H13NO3/c1-8-7-13-12(16-8)9-4-10(14-2)6-11(5-9)15-3/h4-7H,1-3H3. The topological polar surface area (TPSA) is 44.5 Å². The minimum atomic E-state index is 0.565. The summed E-state index contributed by atoms with van der Waals surface area (Å²) < 4.78 is 15.8. The lowest BCUT2D eigenvalue weighted by Gasteiger charge is -2.05. The average molecular weight is 219 g/mol. The van der Waals surface area contributed by atoms with E-state index >= 15 is 0 Å². The molecule has 4 heteroatoms. The van der Waals surface area contributed by atoms with Crippen LogP contribution in [0.4, 0.5) is 0 Å². The number of hydrogen-bond acceptors (Lipinski definition) is 4. The third-order valence-electron chi connectivity index (χ3n) is 2.22. The van der Waals surface area contributed by atoms with Gasteiger partial charge < -0.3 is 13.9 Å². The summed E-state index contributed by atoms with van der Waals surface area (Å²) in [4.78, 5) is 4.16. The highest BCUT2D eigenvalue weighted by atomic mass is 16.5. The Bertz CT molecular complexity index is 469. The minimum absolute atomic E-state index is 0.565. The summed E-state index contributed by atoms with van der Waals surface area (Å²) in [5.74, 6) is 2.77. The number of hydrogen-bond donors (Lipinski definition) is 0. The van der Waals surface area contributed by atoms with Gasteiger partial charge in [0.05, 0.1) is 20.4 Å². The molecule has 0 saturated carbocycles. The number of nitrogens with zero attached hydrogens (tertiary/aromatic N) is 1. The SMILES string of the molecule is COc1cc(OC)cc(-c2ncc(C)o2)c1. The van der Waals surface area contributed by atoms with Gasteiger partial charge in [0, 0.05) is 11.6 Å². The number of aryl methyl sites for hydroxylation is 1. The van der Waals surface area contributed by atoms with Gasteiger partial charge in [-0.05, 0) is 19.1 Å². The quantitative estimate of drug-likeness (QED) is 0.796. The molecule has 0 aliphatic rings. The van der Waals surface area contributed by atoms with E-state index in [1.807, 2.05) is 19.1 Å². The van der Waals surface area contributed by atoms with E-state index < -0.39 is 0 Å². The molecule has 0 unspecified atom stereocenters. The molecule has 0 bridgehead atoms. The predicted molar refractivity (Wildman–Crippen MR) is 59.8 cm³/mol. The molecule has 0 atom stereocenters. The Morgan fingerprint density at radius 1 is 1.06 bits per heavy atom. The molecule has 1 heterocycles. The molecule has 0 radical (unpaired) electrons. The minimum Gasteiger partial charge on any atom is -0.497 e. The first kappa shape index (κ1) is 10.5. The molecule has 0 spiro atoms. The lowest BCUT2D eigenvalue weighted by Crippen LogP contribution is -1.88. The number of benzene rings is 1. The molecular formula is C12H13NO3. The number of methoxy groups -OCH3 is 2. The molecule has 0 fully saturated rings. The van der Waals surface area contributed by atoms with Crippen LogP contribution in [0.5, 0.6) is 11.5 Å². The molecular weight excluding hydrogens is 206 g/mol. The maximum Gasteiger partial charge on any atom is 0.226 e. The zero-order valence-corrected chi connectivity index (χ0v) is 9.48. The number of aromatic nitrogens is 1. The van der Waals surface area contributed by atoms with Gasteiger partial charge in [0.15, 0.2) is 0 Å². The molecule has 0 aliphatic heterocycles. The Hall–Kier alpha value is -1.97. The molecule has 16 heavy (non-hydrogen) atoms. The second kappa shape index (κ2) is 4.26. The van der Waals surface area contributed by atoms with Crippen LogP contribution < -0.4 is 9.47 Å². The summed E-state index contributed by atoms with van der Waals surface area (Å²) in [7, 11) is 3.22. The van der Waals surface area contributed by atoms with Gasteiger partial charge in [0.25, 0.3) is 0 Å². The number of oxazole rings is 1. The van der Waals surface area contributed by atoms with E-state index in [2.05, 4.69) is 4.98 Å². The summed E-state index contributed by atoms with van der Waals surface area (Å²) in [5, 5.41) is 0. The fourth-order valence-electron chi connectivity index (χ4n) is 1.42. The second-order valence-electron chi connectivity index (χ2n) is 3.38. The van der Waals surface area contributed by atoms with Gasteiger partial charge >= 0.3 is 0 Å². The summed E-state index contributed by atoms with van der Waals surface area (Å²) in [5.41, 5.74) is 0.837. The number of ether oxygens (including phenoxy) is 2. The first-order valence-electron chi connectivity index (χ1n) is 4.89. The van der Waals surface area contributed by atoms with E-state index in [1.54, 1.807) is 26.5 Å². The predicted octanol–water partition coefficient (Wildman–Crippen LogP) is 2.67. The van der Waals surface area contributed by atoms with Gasteiger partial charge in [-0.25, -0.2) is 4.98 Å². The van der Waals surface area contributed by atoms with Crippen molar-refractivity contribution in [1.29, 1.82) is 0 Å². The van der Waals surface area contributed by atoms with Gasteiger partial charge in [-0.3, -0.25) is 0 Å². The highest BCUT2D eigenvalue weighted by molar-refractivity contribution is 5.59. The molecule has 2 aromatic rings. The van der Waals surface area contributed by atoms with Crippen LogP contribution in [0, 0.1) is 6.92 Å². The molecule has 84 valence electrons. The van der Waals surface area contributed by atoms with Crippen LogP contribution >= 0.6 is 0 Å². The fraction of sp³-hybridized carbons (Fsp3) is 0.250. The van der Waals surface area contributed by atoms with Crippen LogP contribution in [-0.2, 0) is 0 Å². The zero-order valence-electron chi connectivity index (χ0n) is 9.48. The molecule has 0 aliphatic carbocycles. The Balaban J connectivity index is 2.47. The van der Waals surface area contributed by atoms with Gasteiger partial charge in [0.1, 0.15) is 17.3 Å². The van der Waals surface area contributed by atoms with Crippen molar-refractivity contribution < 1.29 is 13.9 Å². The summed E-state index contributed by atoms with van der Waals surface area (Å²) >= 11 is 0. The fourth-order valence-corrected chi connectivity index (χ4v) is 1.42. The zero-order chi connectivity index (χ0) is 11.5. The van der Waals surface area contributed by atoms with E-state index in [0.29, 0.717) is 17.4 Å². The molecule has 4 nitrogen and oxygen atoms in total. The molecule has 1 aromatic carbocycles. The van der Waals surface area contributed by atoms with E-state index in [0.717, 1.165) is 11.3 Å². The highest BCUT2D eigenvalue weighted by Gasteiger charge is 2.08. The van der Waals surface area contributed by atoms with Crippen molar-refractivity contribution in [3.05, 3.63) is 30.2 Å². The van der Waals surface area contributed by atoms with Crippen LogP contribution in [0.1, 0.15) is 5.76 Å². The van der Waals surface area contributed by atoms with Crippen molar-refractivity contribution in [2.75, 3.05) is 14.2 Å². The van der Waals surface area contributed by atoms with Gasteiger partial charge in [-0.2, -0.15) is 0 Å². The lowest BCUT2D eigenvalue weighted by atomic mass is 10.2. The first-order chi connectivity index (χ1) is 7.72. The van der Waals surface area contributed by atoms with Crippen LogP contribution in [0.2, 0.25) is 0 Å². The highest BCUT2D eigenvalue weighted by Crippen LogP contribution is 2.29. The average Bonchev–Trinajstić information content (AvgIpc) is 2.75. The Kier molecular flexibility index (Phi) is 2.81. The van der Waals surface area contributed by atoms with Crippen molar-refractivity contribution in [3.63, 3.8) is 0 Å². The van der Waals surface area contributed by atoms with E-state index in [1.165, 1.54) is 0 Å². The van der Waals surface area contributed by atoms with Crippen LogP contribution in [0.15, 0.2) is 28.8 Å². The maximum atomic E-state index is 5.45.